The zero-order valence-electron chi connectivity index (χ0n) is 14.3. The van der Waals surface area contributed by atoms with Crippen LogP contribution in [-0.2, 0) is 6.54 Å². The van der Waals surface area contributed by atoms with Crippen molar-refractivity contribution in [2.45, 2.75) is 34.2 Å². The highest BCUT2D eigenvalue weighted by Crippen LogP contribution is 2.31. The molecule has 0 aromatic heterocycles. The molecule has 0 aliphatic carbocycles. The van der Waals surface area contributed by atoms with Gasteiger partial charge in [-0.15, -0.1) is 0 Å². The molecule has 1 aromatic rings. The van der Waals surface area contributed by atoms with Crippen LogP contribution in [0.25, 0.3) is 0 Å². The van der Waals surface area contributed by atoms with Crippen molar-refractivity contribution in [2.75, 3.05) is 33.9 Å². The first kappa shape index (κ1) is 17.8. The van der Waals surface area contributed by atoms with Crippen molar-refractivity contribution in [1.29, 1.82) is 0 Å². The summed E-state index contributed by atoms with van der Waals surface area (Å²) in [5, 5.41) is 0. The van der Waals surface area contributed by atoms with Crippen LogP contribution in [0.1, 0.15) is 31.9 Å². The Morgan fingerprint density at radius 1 is 1.14 bits per heavy atom. The third-order valence-electron chi connectivity index (χ3n) is 3.89. The lowest BCUT2D eigenvalue weighted by Gasteiger charge is -2.31. The van der Waals surface area contributed by atoms with Crippen molar-refractivity contribution < 1.29 is 9.47 Å². The molecule has 0 atom stereocenters. The van der Waals surface area contributed by atoms with Gasteiger partial charge in [0.15, 0.2) is 11.5 Å². The van der Waals surface area contributed by atoms with E-state index in [1.165, 1.54) is 11.1 Å². The lowest BCUT2D eigenvalue weighted by Crippen LogP contribution is -2.38. The number of ether oxygens (including phenoxy) is 2. The smallest absolute Gasteiger partial charge is 0.161 e. The molecule has 0 saturated carbocycles. The number of aryl methyl sites for hydroxylation is 1. The van der Waals surface area contributed by atoms with Gasteiger partial charge in [0.25, 0.3) is 0 Å². The van der Waals surface area contributed by atoms with E-state index in [1.54, 1.807) is 14.2 Å². The van der Waals surface area contributed by atoms with E-state index in [0.717, 1.165) is 31.1 Å². The van der Waals surface area contributed by atoms with Crippen molar-refractivity contribution >= 4 is 0 Å². The topological polar surface area (TPSA) is 47.7 Å². The molecular weight excluding hydrogens is 264 g/mol. The molecule has 0 bridgehead atoms. The first-order chi connectivity index (χ1) is 9.86. The maximum Gasteiger partial charge on any atom is 0.161 e. The Bertz CT molecular complexity index is 458. The third-order valence-corrected chi connectivity index (χ3v) is 3.89. The summed E-state index contributed by atoms with van der Waals surface area (Å²) in [6.45, 7) is 12.3. The van der Waals surface area contributed by atoms with Crippen molar-refractivity contribution in [2.24, 2.45) is 11.1 Å². The van der Waals surface area contributed by atoms with Crippen molar-refractivity contribution in [3.8, 4) is 11.5 Å². The predicted octanol–water partition coefficient (Wildman–Crippen LogP) is 2.82. The van der Waals surface area contributed by atoms with Gasteiger partial charge in [0.1, 0.15) is 0 Å². The normalized spacial score (nSPS) is 11.8. The van der Waals surface area contributed by atoms with Gasteiger partial charge in [0.2, 0.25) is 0 Å². The average Bonchev–Trinajstić information content (AvgIpc) is 2.47. The molecular formula is C17H30N2O2. The highest BCUT2D eigenvalue weighted by molar-refractivity contribution is 5.47. The molecule has 0 fully saturated rings. The lowest BCUT2D eigenvalue weighted by atomic mass is 9.92. The molecule has 0 saturated heterocycles. The summed E-state index contributed by atoms with van der Waals surface area (Å²) >= 11 is 0. The van der Waals surface area contributed by atoms with E-state index in [4.69, 9.17) is 15.2 Å². The number of nitrogens with two attached hydrogens (primary N) is 1. The van der Waals surface area contributed by atoms with Crippen LogP contribution in [0.4, 0.5) is 0 Å². The van der Waals surface area contributed by atoms with Gasteiger partial charge in [-0.05, 0) is 48.7 Å². The molecule has 0 spiro atoms. The number of methoxy groups -OCH3 is 2. The summed E-state index contributed by atoms with van der Waals surface area (Å²) in [5.41, 5.74) is 8.46. The number of hydrogen-bond acceptors (Lipinski definition) is 4. The summed E-state index contributed by atoms with van der Waals surface area (Å²) in [7, 11) is 3.34. The van der Waals surface area contributed by atoms with E-state index in [1.807, 2.05) is 6.07 Å². The van der Waals surface area contributed by atoms with E-state index in [9.17, 15) is 0 Å². The SMILES string of the molecule is CCN(Cc1cc(OC)c(OC)cc1C)CC(C)(C)CN. The second kappa shape index (κ2) is 7.66. The summed E-state index contributed by atoms with van der Waals surface area (Å²) in [4.78, 5) is 2.42. The van der Waals surface area contributed by atoms with Gasteiger partial charge in [0, 0.05) is 13.1 Å². The second-order valence-corrected chi connectivity index (χ2v) is 6.31. The van der Waals surface area contributed by atoms with Crippen molar-refractivity contribution in [3.63, 3.8) is 0 Å². The van der Waals surface area contributed by atoms with E-state index in [2.05, 4.69) is 38.7 Å². The summed E-state index contributed by atoms with van der Waals surface area (Å²) in [6, 6.07) is 4.11. The van der Waals surface area contributed by atoms with Gasteiger partial charge in [-0.25, -0.2) is 0 Å². The summed E-state index contributed by atoms with van der Waals surface area (Å²) < 4.78 is 10.8. The molecule has 0 aliphatic heterocycles. The Morgan fingerprint density at radius 3 is 2.19 bits per heavy atom. The highest BCUT2D eigenvalue weighted by Gasteiger charge is 2.20. The van der Waals surface area contributed by atoms with Crippen LogP contribution in [0.3, 0.4) is 0 Å². The van der Waals surface area contributed by atoms with Gasteiger partial charge in [0.05, 0.1) is 14.2 Å². The molecule has 2 N–H and O–H groups in total. The second-order valence-electron chi connectivity index (χ2n) is 6.31. The van der Waals surface area contributed by atoms with Gasteiger partial charge in [-0.3, -0.25) is 4.90 Å². The first-order valence-corrected chi connectivity index (χ1v) is 7.50. The third kappa shape index (κ3) is 4.90. The summed E-state index contributed by atoms with van der Waals surface area (Å²) in [6.07, 6.45) is 0. The van der Waals surface area contributed by atoms with E-state index < -0.39 is 0 Å². The van der Waals surface area contributed by atoms with E-state index >= 15 is 0 Å². The first-order valence-electron chi connectivity index (χ1n) is 7.50. The highest BCUT2D eigenvalue weighted by atomic mass is 16.5. The van der Waals surface area contributed by atoms with Gasteiger partial charge < -0.3 is 15.2 Å². The van der Waals surface area contributed by atoms with Crippen LogP contribution in [0.15, 0.2) is 12.1 Å². The summed E-state index contributed by atoms with van der Waals surface area (Å²) in [5.74, 6) is 1.57. The Kier molecular flexibility index (Phi) is 6.49. The van der Waals surface area contributed by atoms with Crippen LogP contribution in [-0.4, -0.2) is 38.8 Å². The Balaban J connectivity index is 2.94. The largest absolute Gasteiger partial charge is 0.493 e. The van der Waals surface area contributed by atoms with E-state index in [-0.39, 0.29) is 5.41 Å². The fourth-order valence-corrected chi connectivity index (χ4v) is 2.38. The quantitative estimate of drug-likeness (QED) is 0.801. The van der Waals surface area contributed by atoms with Crippen molar-refractivity contribution in [3.05, 3.63) is 23.3 Å². The fraction of sp³-hybridized carbons (Fsp3) is 0.647. The zero-order chi connectivity index (χ0) is 16.0. The molecule has 4 nitrogen and oxygen atoms in total. The fourth-order valence-electron chi connectivity index (χ4n) is 2.38. The molecule has 0 aliphatic rings. The van der Waals surface area contributed by atoms with Gasteiger partial charge >= 0.3 is 0 Å². The predicted molar refractivity (Wildman–Crippen MR) is 88.1 cm³/mol. The number of nitrogens with zero attached hydrogens (tertiary/aromatic N) is 1. The van der Waals surface area contributed by atoms with Crippen LogP contribution in [0, 0.1) is 12.3 Å². The molecule has 0 amide bonds. The number of rotatable bonds is 8. The molecule has 1 rings (SSSR count). The molecule has 4 heteroatoms. The minimum absolute atomic E-state index is 0.125. The molecule has 0 radical (unpaired) electrons. The van der Waals surface area contributed by atoms with Crippen LogP contribution in [0.2, 0.25) is 0 Å². The monoisotopic (exact) mass is 294 g/mol. The number of hydrogen-bond donors (Lipinski definition) is 1. The van der Waals surface area contributed by atoms with Gasteiger partial charge in [-0.1, -0.05) is 20.8 Å². The standard InChI is InChI=1S/C17H30N2O2/c1-7-19(12-17(3,4)11-18)10-14-9-16(21-6)15(20-5)8-13(14)2/h8-9H,7,10-12,18H2,1-6H3. The Hall–Kier alpha value is -1.26. The van der Waals surface area contributed by atoms with Crippen LogP contribution < -0.4 is 15.2 Å². The van der Waals surface area contributed by atoms with E-state index in [0.29, 0.717) is 6.54 Å². The average molecular weight is 294 g/mol. The molecule has 0 unspecified atom stereocenters. The lowest BCUT2D eigenvalue weighted by molar-refractivity contribution is 0.183. The van der Waals surface area contributed by atoms with Crippen LogP contribution in [0.5, 0.6) is 11.5 Å². The Labute approximate surface area is 129 Å². The van der Waals surface area contributed by atoms with Gasteiger partial charge in [-0.2, -0.15) is 0 Å². The number of benzene rings is 1. The molecule has 21 heavy (non-hydrogen) atoms. The molecule has 0 heterocycles. The van der Waals surface area contributed by atoms with Crippen LogP contribution >= 0.6 is 0 Å². The molecule has 1 aromatic carbocycles. The maximum absolute atomic E-state index is 5.85. The molecule has 120 valence electrons. The zero-order valence-corrected chi connectivity index (χ0v) is 14.3. The minimum atomic E-state index is 0.125. The maximum atomic E-state index is 5.85. The Morgan fingerprint density at radius 2 is 1.71 bits per heavy atom. The van der Waals surface area contributed by atoms with Crippen molar-refractivity contribution in [1.82, 2.24) is 4.90 Å². The minimum Gasteiger partial charge on any atom is -0.493 e.